The molecule has 1 aliphatic heterocycles. The number of hydrazine groups is 1. The number of anilines is 1. The second-order valence-corrected chi connectivity index (χ2v) is 5.77. The van der Waals surface area contributed by atoms with E-state index in [1.165, 1.54) is 0 Å². The lowest BCUT2D eigenvalue weighted by molar-refractivity contribution is 0.572. The highest BCUT2D eigenvalue weighted by Gasteiger charge is 2.28. The van der Waals surface area contributed by atoms with Gasteiger partial charge in [0.05, 0.1) is 22.0 Å². The third-order valence-electron chi connectivity index (χ3n) is 3.91. The van der Waals surface area contributed by atoms with Gasteiger partial charge in [-0.05, 0) is 0 Å². The van der Waals surface area contributed by atoms with Crippen LogP contribution in [0.2, 0.25) is 0 Å². The maximum absolute atomic E-state index is 6.78. The van der Waals surface area contributed by atoms with Gasteiger partial charge in [-0.15, -0.1) is 0 Å². The lowest BCUT2D eigenvalue weighted by Gasteiger charge is -2.29. The molecule has 2 N–H and O–H groups in total. The van der Waals surface area contributed by atoms with Crippen molar-refractivity contribution in [1.29, 1.82) is 0 Å². The molecule has 0 radical (unpaired) electrons. The molecule has 0 fully saturated rings. The smallest absolute Gasteiger partial charge is 0.175 e. The van der Waals surface area contributed by atoms with Gasteiger partial charge in [-0.3, -0.25) is 15.5 Å². The zero-order valence-corrected chi connectivity index (χ0v) is 13.3. The average Bonchev–Trinajstić information content (AvgIpc) is 3.00. The lowest BCUT2D eigenvalue weighted by atomic mass is 10.0. The number of hydrogen-bond acceptors (Lipinski definition) is 3. The highest BCUT2D eigenvalue weighted by Crippen LogP contribution is 2.43. The van der Waals surface area contributed by atoms with Gasteiger partial charge in [0.25, 0.3) is 0 Å². The Morgan fingerprint density at radius 2 is 1.52 bits per heavy atom. The number of rotatable bonds is 2. The predicted octanol–water partition coefficient (Wildman–Crippen LogP) is 4.41. The maximum atomic E-state index is 6.78. The maximum Gasteiger partial charge on any atom is 0.175 e. The van der Waals surface area contributed by atoms with Crippen molar-refractivity contribution in [1.82, 2.24) is 15.2 Å². The van der Waals surface area contributed by atoms with Gasteiger partial charge in [0.2, 0.25) is 0 Å². The van der Waals surface area contributed by atoms with E-state index in [0.29, 0.717) is 5.03 Å². The Hall–Kier alpha value is -2.72. The van der Waals surface area contributed by atoms with Crippen molar-refractivity contribution in [2.75, 3.05) is 12.5 Å². The van der Waals surface area contributed by atoms with Crippen LogP contribution in [-0.2, 0) is 0 Å². The Morgan fingerprint density at radius 1 is 0.913 bits per heavy atom. The van der Waals surface area contributed by atoms with Crippen molar-refractivity contribution in [3.8, 4) is 11.3 Å². The molecule has 0 spiro atoms. The Labute approximate surface area is 139 Å². The molecule has 0 aliphatic carbocycles. The van der Waals surface area contributed by atoms with E-state index in [2.05, 4.69) is 15.6 Å². The van der Waals surface area contributed by atoms with E-state index in [9.17, 15) is 0 Å². The van der Waals surface area contributed by atoms with Gasteiger partial charge in [-0.2, -0.15) is 5.10 Å². The predicted molar refractivity (Wildman–Crippen MR) is 94.5 cm³/mol. The number of nitrogens with one attached hydrogen (secondary N) is 2. The molecule has 23 heavy (non-hydrogen) atoms. The van der Waals surface area contributed by atoms with Crippen LogP contribution in [0.1, 0.15) is 11.1 Å². The fourth-order valence-corrected chi connectivity index (χ4v) is 3.27. The minimum Gasteiger partial charge on any atom is -0.287 e. The number of H-pyrrole nitrogens is 1. The fraction of sp³-hybridized carbons (Fsp3) is 0.0556. The van der Waals surface area contributed by atoms with Crippen LogP contribution in [-0.4, -0.2) is 22.3 Å². The molecule has 0 unspecified atom stereocenters. The zero-order valence-electron chi connectivity index (χ0n) is 12.5. The molecular weight excluding hydrogens is 308 g/mol. The first-order valence-electron chi connectivity index (χ1n) is 7.35. The Morgan fingerprint density at radius 3 is 2.17 bits per heavy atom. The van der Waals surface area contributed by atoms with Gasteiger partial charge in [0, 0.05) is 18.2 Å². The Bertz CT molecular complexity index is 869. The van der Waals surface area contributed by atoms with Crippen LogP contribution in [0.5, 0.6) is 0 Å². The van der Waals surface area contributed by atoms with Gasteiger partial charge in [-0.25, -0.2) is 0 Å². The summed E-state index contributed by atoms with van der Waals surface area (Å²) in [6.07, 6.45) is 0. The van der Waals surface area contributed by atoms with Crippen LogP contribution < -0.4 is 5.43 Å². The number of aromatic nitrogens is 2. The van der Waals surface area contributed by atoms with E-state index in [1.54, 1.807) is 0 Å². The van der Waals surface area contributed by atoms with E-state index in [-0.39, 0.29) is 0 Å². The number of aromatic amines is 1. The third-order valence-corrected chi connectivity index (χ3v) is 4.28. The molecule has 4 rings (SSSR count). The summed E-state index contributed by atoms with van der Waals surface area (Å²) in [4.78, 5) is 0. The first kappa shape index (κ1) is 13.9. The molecule has 0 amide bonds. The molecule has 0 saturated heterocycles. The summed E-state index contributed by atoms with van der Waals surface area (Å²) in [7, 11) is 1.94. The summed E-state index contributed by atoms with van der Waals surface area (Å²) in [6, 6.07) is 20.2. The monoisotopic (exact) mass is 322 g/mol. The van der Waals surface area contributed by atoms with Gasteiger partial charge in [-0.1, -0.05) is 72.3 Å². The van der Waals surface area contributed by atoms with Crippen molar-refractivity contribution in [2.45, 2.75) is 0 Å². The summed E-state index contributed by atoms with van der Waals surface area (Å²) >= 11 is 6.78. The highest BCUT2D eigenvalue weighted by molar-refractivity contribution is 6.53. The second kappa shape index (κ2) is 5.48. The molecule has 1 aliphatic rings. The molecule has 2 heterocycles. The number of hydrogen-bond donors (Lipinski definition) is 2. The van der Waals surface area contributed by atoms with Crippen LogP contribution in [0.25, 0.3) is 22.0 Å². The molecule has 2 aromatic carbocycles. The number of fused-ring (bicyclic) bond motifs is 1. The fourth-order valence-electron chi connectivity index (χ4n) is 2.85. The first-order valence-corrected chi connectivity index (χ1v) is 7.73. The van der Waals surface area contributed by atoms with Crippen molar-refractivity contribution in [3.63, 3.8) is 0 Å². The molecule has 0 atom stereocenters. The molecule has 3 aromatic rings. The Balaban J connectivity index is 1.92. The number of nitrogens with zero attached hydrogens (tertiary/aromatic N) is 2. The standard InChI is InChI=1S/C18H15ClN4/c1-23-17(13-10-6-3-7-11-13)15(19)14-16(20-21-18(14)22-23)12-8-4-2-5-9-12/h2-11H,1H3,(H2,20,21,22). The number of halogens is 1. The quantitative estimate of drug-likeness (QED) is 0.734. The SMILES string of the molecule is CN1Nc2n[nH]c(-c3ccccc3)c2C(Cl)=C1c1ccccc1. The lowest BCUT2D eigenvalue weighted by Crippen LogP contribution is -2.28. The van der Waals surface area contributed by atoms with E-state index in [4.69, 9.17) is 11.6 Å². The van der Waals surface area contributed by atoms with Crippen molar-refractivity contribution < 1.29 is 0 Å². The van der Waals surface area contributed by atoms with Crippen LogP contribution >= 0.6 is 11.6 Å². The molecule has 4 nitrogen and oxygen atoms in total. The van der Waals surface area contributed by atoms with Crippen LogP contribution in [0, 0.1) is 0 Å². The summed E-state index contributed by atoms with van der Waals surface area (Å²) < 4.78 is 0. The molecular formula is C18H15ClN4. The second-order valence-electron chi connectivity index (χ2n) is 5.39. The Kier molecular flexibility index (Phi) is 3.32. The van der Waals surface area contributed by atoms with Crippen LogP contribution in [0.15, 0.2) is 60.7 Å². The van der Waals surface area contributed by atoms with Gasteiger partial charge >= 0.3 is 0 Å². The zero-order chi connectivity index (χ0) is 15.8. The van der Waals surface area contributed by atoms with Gasteiger partial charge < -0.3 is 0 Å². The average molecular weight is 323 g/mol. The topological polar surface area (TPSA) is 44.0 Å². The van der Waals surface area contributed by atoms with Crippen molar-refractivity contribution in [2.24, 2.45) is 0 Å². The van der Waals surface area contributed by atoms with Gasteiger partial charge in [0.1, 0.15) is 0 Å². The number of benzene rings is 2. The van der Waals surface area contributed by atoms with Crippen molar-refractivity contribution in [3.05, 3.63) is 71.8 Å². The molecule has 114 valence electrons. The van der Waals surface area contributed by atoms with E-state index in [1.807, 2.05) is 72.7 Å². The van der Waals surface area contributed by atoms with E-state index >= 15 is 0 Å². The normalized spacial score (nSPS) is 13.7. The largest absolute Gasteiger partial charge is 0.287 e. The highest BCUT2D eigenvalue weighted by atomic mass is 35.5. The van der Waals surface area contributed by atoms with Crippen LogP contribution in [0.4, 0.5) is 5.82 Å². The molecule has 5 heteroatoms. The first-order chi connectivity index (χ1) is 11.3. The molecule has 0 bridgehead atoms. The summed E-state index contributed by atoms with van der Waals surface area (Å²) in [5.74, 6) is 0.732. The van der Waals surface area contributed by atoms with Crippen molar-refractivity contribution >= 4 is 28.1 Å². The van der Waals surface area contributed by atoms with E-state index in [0.717, 1.165) is 33.9 Å². The molecule has 1 aromatic heterocycles. The van der Waals surface area contributed by atoms with Gasteiger partial charge in [0.15, 0.2) is 5.82 Å². The minimum atomic E-state index is 0.681. The third kappa shape index (κ3) is 2.28. The van der Waals surface area contributed by atoms with E-state index < -0.39 is 0 Å². The molecule has 0 saturated carbocycles. The van der Waals surface area contributed by atoms with Crippen LogP contribution in [0.3, 0.4) is 0 Å². The summed E-state index contributed by atoms with van der Waals surface area (Å²) in [5.41, 5.74) is 8.13. The minimum absolute atomic E-state index is 0.681. The summed E-state index contributed by atoms with van der Waals surface area (Å²) in [5, 5.41) is 10.0. The summed E-state index contributed by atoms with van der Waals surface area (Å²) in [6.45, 7) is 0.